The van der Waals surface area contributed by atoms with Gasteiger partial charge >= 0.3 is 0 Å². The summed E-state index contributed by atoms with van der Waals surface area (Å²) in [7, 11) is 0. The van der Waals surface area contributed by atoms with Gasteiger partial charge in [-0.05, 0) is 12.8 Å². The van der Waals surface area contributed by atoms with Crippen LogP contribution < -0.4 is 6.15 Å². The molecule has 0 radical (unpaired) electrons. The average Bonchev–Trinajstić information content (AvgIpc) is 2.84. The molecular weight excluding hydrogens is 549 g/mol. The van der Waals surface area contributed by atoms with Crippen LogP contribution >= 0.6 is 0 Å². The molecule has 30 heavy (non-hydrogen) atoms. The Kier molecular flexibility index (Phi) is 195. The zero-order valence-electron chi connectivity index (χ0n) is 22.8. The molecule has 2 aliphatic rings. The molecule has 0 unspecified atom stereocenters. The Bertz CT molecular complexity index is 205. The standard InChI is InChI=1S/C7H14.C6H12.C3H4.4C2H6.C2H4.N2.H3N.Pt/c1-7-5-3-2-4-6-7;1-2-4-6-5-3-1;1-3-2;6*1-2;;/h7H,2-6H2,1H3;1-6H2;1H,2H3;4*1-2H3;1-2H2;;1H3;. The largest absolute Gasteiger partial charge is 0.344 e. The molecule has 3 nitrogen and oxygen atoms in total. The van der Waals surface area contributed by atoms with Gasteiger partial charge in [0.15, 0.2) is 0 Å². The van der Waals surface area contributed by atoms with Crippen LogP contribution in [0.3, 0.4) is 0 Å². The molecule has 0 spiro atoms. The van der Waals surface area contributed by atoms with Crippen molar-refractivity contribution < 1.29 is 21.1 Å². The topological polar surface area (TPSA) is 82.6 Å². The van der Waals surface area contributed by atoms with E-state index >= 15 is 0 Å². The van der Waals surface area contributed by atoms with Crippen LogP contribution in [0.5, 0.6) is 0 Å². The maximum atomic E-state index is 6.00. The van der Waals surface area contributed by atoms with Gasteiger partial charge in [0, 0.05) is 31.9 Å². The predicted octanol–water partition coefficient (Wildman–Crippen LogP) is 10.7. The molecule has 3 N–H and O–H groups in total. The summed E-state index contributed by atoms with van der Waals surface area (Å²) in [6, 6.07) is 0. The van der Waals surface area contributed by atoms with Crippen molar-refractivity contribution in [1.29, 1.82) is 10.8 Å². The maximum Gasteiger partial charge on any atom is 0 e. The van der Waals surface area contributed by atoms with Crippen molar-refractivity contribution in [3.8, 4) is 12.3 Å². The van der Waals surface area contributed by atoms with Gasteiger partial charge in [0.1, 0.15) is 0 Å². The van der Waals surface area contributed by atoms with Crippen LogP contribution in [0.2, 0.25) is 0 Å². The van der Waals surface area contributed by atoms with E-state index in [1.165, 1.54) is 70.6 Å². The number of nitrogens with zero attached hydrogens (tertiary/aromatic N) is 2. The van der Waals surface area contributed by atoms with E-state index in [9.17, 15) is 0 Å². The molecule has 2 rings (SSSR count). The smallest absolute Gasteiger partial charge is 0 e. The summed E-state index contributed by atoms with van der Waals surface area (Å²) in [5.41, 5.74) is 0. The van der Waals surface area contributed by atoms with E-state index in [4.69, 9.17) is 10.8 Å². The molecule has 2 saturated carbocycles. The van der Waals surface area contributed by atoms with Crippen molar-refractivity contribution in [3.05, 3.63) is 13.2 Å². The van der Waals surface area contributed by atoms with E-state index in [0.29, 0.717) is 0 Å². The Morgan fingerprint density at radius 3 is 0.867 bits per heavy atom. The summed E-state index contributed by atoms with van der Waals surface area (Å²) in [5, 5.41) is 12.0. The molecule has 0 atom stereocenters. The molecule has 190 valence electrons. The van der Waals surface area contributed by atoms with Crippen LogP contribution in [0.1, 0.15) is 140 Å². The number of terminal acetylenes is 1. The first-order chi connectivity index (χ1) is 13.8. The quantitative estimate of drug-likeness (QED) is 0.168. The summed E-state index contributed by atoms with van der Waals surface area (Å²) >= 11 is 0. The fraction of sp³-hybridized carbons (Fsp3) is 0.846. The molecule has 0 aromatic heterocycles. The van der Waals surface area contributed by atoms with E-state index < -0.39 is 0 Å². The minimum atomic E-state index is 0. The van der Waals surface area contributed by atoms with Gasteiger partial charge in [0.05, 0.1) is 0 Å². The van der Waals surface area contributed by atoms with Crippen molar-refractivity contribution in [2.24, 2.45) is 5.92 Å². The third kappa shape index (κ3) is 106. The molecule has 0 aliphatic heterocycles. The Morgan fingerprint density at radius 1 is 0.633 bits per heavy atom. The van der Waals surface area contributed by atoms with E-state index in [1.54, 1.807) is 6.92 Å². The second-order valence-electron chi connectivity index (χ2n) is 5.15. The first-order valence-electron chi connectivity index (χ1n) is 11.9. The van der Waals surface area contributed by atoms with Gasteiger partial charge in [-0.25, -0.2) is 0 Å². The van der Waals surface area contributed by atoms with E-state index in [2.05, 4.69) is 32.4 Å². The Labute approximate surface area is 208 Å². The molecule has 0 bridgehead atoms. The SMILES string of the molecule is C#CC.C1CCCCC1.C=C.CC.CC.CC.CC.CC1CCCCC1.N.N#N.[Pt]. The Morgan fingerprint density at radius 2 is 0.767 bits per heavy atom. The van der Waals surface area contributed by atoms with E-state index in [-0.39, 0.29) is 27.2 Å². The average molecular weight is 611 g/mol. The fourth-order valence-corrected chi connectivity index (χ4v) is 2.37. The summed E-state index contributed by atoms with van der Waals surface area (Å²) in [6.45, 7) is 26.0. The molecule has 0 saturated heterocycles. The predicted molar refractivity (Wildman–Crippen MR) is 140 cm³/mol. The number of hydrogen-bond acceptors (Lipinski definition) is 3. The molecule has 2 fully saturated rings. The summed E-state index contributed by atoms with van der Waals surface area (Å²) in [6.07, 6.45) is 21.0. The van der Waals surface area contributed by atoms with Crippen molar-refractivity contribution in [2.75, 3.05) is 0 Å². The van der Waals surface area contributed by atoms with Gasteiger partial charge in [-0.15, -0.1) is 25.5 Å². The minimum Gasteiger partial charge on any atom is -0.344 e. The summed E-state index contributed by atoms with van der Waals surface area (Å²) in [5.74, 6) is 3.29. The zero-order valence-corrected chi connectivity index (χ0v) is 25.0. The minimum absolute atomic E-state index is 0. The molecule has 2 aliphatic carbocycles. The van der Waals surface area contributed by atoms with Gasteiger partial charge in [-0.2, -0.15) is 0 Å². The van der Waals surface area contributed by atoms with Crippen LogP contribution in [0.15, 0.2) is 13.2 Å². The van der Waals surface area contributed by atoms with Crippen molar-refractivity contribution in [1.82, 2.24) is 6.15 Å². The second-order valence-corrected chi connectivity index (χ2v) is 5.15. The van der Waals surface area contributed by atoms with Crippen LogP contribution in [-0.4, -0.2) is 0 Å². The number of rotatable bonds is 0. The van der Waals surface area contributed by atoms with Crippen molar-refractivity contribution in [3.63, 3.8) is 0 Å². The van der Waals surface area contributed by atoms with Crippen LogP contribution in [0.4, 0.5) is 0 Å². The number of hydrogen-bond donors (Lipinski definition) is 1. The second kappa shape index (κ2) is 103. The van der Waals surface area contributed by atoms with Crippen LogP contribution in [0, 0.1) is 29.0 Å². The molecule has 0 amide bonds. The molecular formula is C26H61N3Pt. The Hall–Kier alpha value is -0.632. The van der Waals surface area contributed by atoms with E-state index in [1.807, 2.05) is 55.4 Å². The third-order valence-electron chi connectivity index (χ3n) is 3.39. The first-order valence-corrected chi connectivity index (χ1v) is 11.9. The fourth-order valence-electron chi connectivity index (χ4n) is 2.37. The molecule has 0 aromatic carbocycles. The van der Waals surface area contributed by atoms with Crippen molar-refractivity contribution in [2.45, 2.75) is 140 Å². The van der Waals surface area contributed by atoms with Gasteiger partial charge < -0.3 is 6.15 Å². The van der Waals surface area contributed by atoms with Crippen LogP contribution in [-0.2, 0) is 21.1 Å². The van der Waals surface area contributed by atoms with Crippen molar-refractivity contribution >= 4 is 0 Å². The summed E-state index contributed by atoms with van der Waals surface area (Å²) in [4.78, 5) is 0. The Balaban J connectivity index is -0.0000000253. The molecule has 0 aromatic rings. The monoisotopic (exact) mass is 610 g/mol. The summed E-state index contributed by atoms with van der Waals surface area (Å²) < 4.78 is 0. The van der Waals surface area contributed by atoms with Gasteiger partial charge in [0.2, 0.25) is 0 Å². The normalized spacial score (nSPS) is 12.0. The maximum absolute atomic E-state index is 6.00. The van der Waals surface area contributed by atoms with Gasteiger partial charge in [-0.3, -0.25) is 0 Å². The molecule has 4 heteroatoms. The zero-order chi connectivity index (χ0) is 24.1. The van der Waals surface area contributed by atoms with Gasteiger partial charge in [-0.1, -0.05) is 133 Å². The first kappa shape index (κ1) is 57.0. The van der Waals surface area contributed by atoms with Gasteiger partial charge in [0.25, 0.3) is 0 Å². The van der Waals surface area contributed by atoms with E-state index in [0.717, 1.165) is 5.92 Å². The molecule has 0 heterocycles. The third-order valence-corrected chi connectivity index (χ3v) is 3.39. The van der Waals surface area contributed by atoms with Crippen LogP contribution in [0.25, 0.3) is 0 Å².